The summed E-state index contributed by atoms with van der Waals surface area (Å²) < 4.78 is 21.6. The molecule has 22 nitrogen and oxygen atoms in total. The molecular weight excluding hydrogens is 1090 g/mol. The van der Waals surface area contributed by atoms with Crippen molar-refractivity contribution in [1.82, 2.24) is 16.0 Å². The Morgan fingerprint density at radius 1 is 0.464 bits per heavy atom. The van der Waals surface area contributed by atoms with E-state index in [1.807, 2.05) is 6.92 Å². The highest BCUT2D eigenvalue weighted by molar-refractivity contribution is 5.91. The fraction of sp³-hybridized carbons (Fsp3) is 0.823. The Morgan fingerprint density at radius 3 is 1.52 bits per heavy atom. The van der Waals surface area contributed by atoms with E-state index in [0.717, 1.165) is 64.2 Å². The Balaban J connectivity index is 2.18. The van der Waals surface area contributed by atoms with E-state index in [4.69, 9.17) is 29.8 Å². The summed E-state index contributed by atoms with van der Waals surface area (Å²) in [6.45, 7) is 2.94. The Morgan fingerprint density at radius 2 is 0.988 bits per heavy atom. The van der Waals surface area contributed by atoms with Crippen LogP contribution in [-0.4, -0.2) is 152 Å². The minimum atomic E-state index is -1.20. The van der Waals surface area contributed by atoms with Gasteiger partial charge in [0.2, 0.25) is 23.6 Å². The van der Waals surface area contributed by atoms with Gasteiger partial charge < -0.3 is 56.0 Å². The highest BCUT2D eigenvalue weighted by atomic mass is 16.5. The van der Waals surface area contributed by atoms with E-state index < -0.39 is 59.3 Å². The van der Waals surface area contributed by atoms with Gasteiger partial charge in [-0.15, -0.1) is 0 Å². The fourth-order valence-electron chi connectivity index (χ4n) is 10.1. The number of ether oxygens (including phenoxy) is 4. The van der Waals surface area contributed by atoms with Crippen LogP contribution >= 0.6 is 0 Å². The van der Waals surface area contributed by atoms with Crippen molar-refractivity contribution in [3.63, 3.8) is 0 Å². The van der Waals surface area contributed by atoms with Crippen molar-refractivity contribution in [2.24, 2.45) is 29.4 Å². The number of aliphatic carboxylic acids is 3. The quantitative estimate of drug-likeness (QED) is 0.0284. The number of carbonyl (C=O) groups excluding carboxylic acids is 8. The predicted molar refractivity (Wildman–Crippen MR) is 315 cm³/mol. The zero-order chi connectivity index (χ0) is 62.0. The standard InChI is InChI=1S/C62H106N4O18/c1-2-3-22-49(61(63)78)41-52(68)44-65-58(73)46-84-40-38-81-35-20-23-51(67)45-83-39-37-82-36-21-24-54(69)53(32-34-60(76)77)66-57(72)33-31-50(62(79)80)42-55(70)48-29-27-47(28-30-48)43-64-56(71)25-18-16-14-12-10-8-6-4-5-7-9-11-13-15-17-19-26-59(74)75/h47-50,53H,2-46H2,1H3,(H2,63,78)(H,64,71)(H,65,73)(H,66,72)(H,74,75)(H,76,77)(H,79,80)/t47?,48?,49-,50-,53+/m1/s1. The molecule has 1 fully saturated rings. The first-order valence-electron chi connectivity index (χ1n) is 31.6. The van der Waals surface area contributed by atoms with Crippen LogP contribution in [0.25, 0.3) is 0 Å². The average molecular weight is 1200 g/mol. The van der Waals surface area contributed by atoms with Crippen LogP contribution in [0.2, 0.25) is 0 Å². The van der Waals surface area contributed by atoms with Gasteiger partial charge >= 0.3 is 17.9 Å². The summed E-state index contributed by atoms with van der Waals surface area (Å²) in [6, 6.07) is -1.11. The number of hydrogen-bond acceptors (Lipinski definition) is 15. The van der Waals surface area contributed by atoms with Crippen molar-refractivity contribution < 1.29 is 87.0 Å². The van der Waals surface area contributed by atoms with E-state index in [2.05, 4.69) is 16.0 Å². The van der Waals surface area contributed by atoms with Gasteiger partial charge in [-0.2, -0.15) is 0 Å². The molecule has 84 heavy (non-hydrogen) atoms. The molecule has 0 aromatic rings. The number of amides is 4. The van der Waals surface area contributed by atoms with Crippen LogP contribution in [-0.2, 0) is 71.7 Å². The molecule has 22 heteroatoms. The van der Waals surface area contributed by atoms with Gasteiger partial charge in [-0.25, -0.2) is 0 Å². The van der Waals surface area contributed by atoms with Gasteiger partial charge in [-0.1, -0.05) is 110 Å². The predicted octanol–water partition coefficient (Wildman–Crippen LogP) is 7.94. The van der Waals surface area contributed by atoms with E-state index in [1.54, 1.807) is 0 Å². The number of nitrogens with two attached hydrogens (primary N) is 1. The Labute approximate surface area is 499 Å². The third kappa shape index (κ3) is 44.3. The number of rotatable bonds is 59. The second kappa shape index (κ2) is 51.1. The number of hydrogen-bond donors (Lipinski definition) is 7. The van der Waals surface area contributed by atoms with Gasteiger partial charge in [0.25, 0.3) is 0 Å². The summed E-state index contributed by atoms with van der Waals surface area (Å²) in [4.78, 5) is 134. The minimum absolute atomic E-state index is 0.0200. The lowest BCUT2D eigenvalue weighted by molar-refractivity contribution is -0.145. The number of nitrogens with one attached hydrogen (secondary N) is 3. The molecule has 1 rings (SSSR count). The summed E-state index contributed by atoms with van der Waals surface area (Å²) in [5, 5.41) is 36.0. The number of carbonyl (C=O) groups is 11. The fourth-order valence-corrected chi connectivity index (χ4v) is 10.1. The van der Waals surface area contributed by atoms with Crippen LogP contribution in [0.3, 0.4) is 0 Å². The maximum Gasteiger partial charge on any atom is 0.306 e. The van der Waals surface area contributed by atoms with Crippen molar-refractivity contribution in [3.05, 3.63) is 0 Å². The summed E-state index contributed by atoms with van der Waals surface area (Å²) in [6.07, 6.45) is 23.8. The molecule has 0 aliphatic heterocycles. The largest absolute Gasteiger partial charge is 0.481 e. The zero-order valence-corrected chi connectivity index (χ0v) is 50.7. The third-order valence-electron chi connectivity index (χ3n) is 15.3. The minimum Gasteiger partial charge on any atom is -0.481 e. The van der Waals surface area contributed by atoms with Crippen LogP contribution in [0.4, 0.5) is 0 Å². The second-order valence-electron chi connectivity index (χ2n) is 22.7. The maximum atomic E-state index is 13.3. The first kappa shape index (κ1) is 76.8. The highest BCUT2D eigenvalue weighted by Crippen LogP contribution is 2.31. The molecule has 482 valence electrons. The van der Waals surface area contributed by atoms with E-state index in [-0.39, 0.29) is 159 Å². The molecule has 0 heterocycles. The molecule has 0 saturated heterocycles. The van der Waals surface area contributed by atoms with E-state index in [1.165, 1.54) is 64.2 Å². The van der Waals surface area contributed by atoms with Gasteiger partial charge in [0.05, 0.1) is 44.9 Å². The van der Waals surface area contributed by atoms with Crippen molar-refractivity contribution in [3.8, 4) is 0 Å². The van der Waals surface area contributed by atoms with Gasteiger partial charge in [-0.3, -0.25) is 52.7 Å². The molecule has 0 aromatic heterocycles. The van der Waals surface area contributed by atoms with Crippen LogP contribution in [0.5, 0.6) is 0 Å². The molecule has 0 aromatic carbocycles. The molecule has 1 aliphatic carbocycles. The number of unbranched alkanes of at least 4 members (excludes halogenated alkanes) is 16. The normalized spacial score (nSPS) is 15.1. The first-order chi connectivity index (χ1) is 40.4. The topological polar surface area (TPSA) is 347 Å². The lowest BCUT2D eigenvalue weighted by Gasteiger charge is -2.28. The number of primary amides is 1. The molecule has 8 N–H and O–H groups in total. The summed E-state index contributed by atoms with van der Waals surface area (Å²) in [7, 11) is 0. The van der Waals surface area contributed by atoms with Gasteiger partial charge in [0.15, 0.2) is 17.3 Å². The summed E-state index contributed by atoms with van der Waals surface area (Å²) in [5.41, 5.74) is 5.37. The molecule has 1 saturated carbocycles. The number of carboxylic acids is 3. The Bertz CT molecular complexity index is 1910. The summed E-state index contributed by atoms with van der Waals surface area (Å²) >= 11 is 0. The SMILES string of the molecule is CCCC[C@H](CC(=O)CNC(=O)COCCOCCCC(=O)COCCOCCCC(=O)[C@H](CCC(=O)O)NC(=O)CC[C@H](CC(=O)C1CCC(CNC(=O)CCCCCCCCCCCCCCCCCCC(=O)O)CC1)C(=O)O)C(N)=O. The third-order valence-corrected chi connectivity index (χ3v) is 15.3. The highest BCUT2D eigenvalue weighted by Gasteiger charge is 2.31. The van der Waals surface area contributed by atoms with Crippen LogP contribution in [0, 0.1) is 23.7 Å². The maximum absolute atomic E-state index is 13.3. The van der Waals surface area contributed by atoms with Gasteiger partial charge in [-0.05, 0) is 76.5 Å². The molecule has 1 aliphatic rings. The molecule has 0 bridgehead atoms. The van der Waals surface area contributed by atoms with Gasteiger partial charge in [0.1, 0.15) is 19.0 Å². The Hall–Kier alpha value is -5.19. The van der Waals surface area contributed by atoms with Crippen LogP contribution in [0.15, 0.2) is 0 Å². The molecule has 4 amide bonds. The molecule has 0 unspecified atom stereocenters. The van der Waals surface area contributed by atoms with Gasteiger partial charge in [0, 0.05) is 83.0 Å². The Kier molecular flexibility index (Phi) is 46.7. The van der Waals surface area contributed by atoms with E-state index in [0.29, 0.717) is 38.6 Å². The summed E-state index contributed by atoms with van der Waals surface area (Å²) in [5.74, 6) is -7.36. The molecular formula is C62H106N4O18. The smallest absolute Gasteiger partial charge is 0.306 e. The van der Waals surface area contributed by atoms with Crippen LogP contribution in [0.1, 0.15) is 232 Å². The first-order valence-corrected chi connectivity index (χ1v) is 31.6. The van der Waals surface area contributed by atoms with Crippen molar-refractivity contribution >= 4 is 64.7 Å². The molecule has 3 atom stereocenters. The average Bonchev–Trinajstić information content (AvgIpc) is 3.58. The number of carboxylic acid groups (broad SMARTS) is 3. The lowest BCUT2D eigenvalue weighted by atomic mass is 9.78. The zero-order valence-electron chi connectivity index (χ0n) is 50.7. The number of Topliss-reactive ketones (excluding diaryl/α,β-unsaturated/α-hetero) is 4. The van der Waals surface area contributed by atoms with E-state index >= 15 is 0 Å². The van der Waals surface area contributed by atoms with Crippen molar-refractivity contribution in [2.45, 2.75) is 238 Å². The van der Waals surface area contributed by atoms with Crippen molar-refractivity contribution in [1.29, 1.82) is 0 Å². The van der Waals surface area contributed by atoms with Crippen molar-refractivity contribution in [2.75, 3.05) is 65.9 Å². The van der Waals surface area contributed by atoms with Crippen LogP contribution < -0.4 is 21.7 Å². The lowest BCUT2D eigenvalue weighted by Crippen LogP contribution is -2.41. The van der Waals surface area contributed by atoms with E-state index in [9.17, 15) is 63.0 Å². The molecule has 0 spiro atoms. The molecule has 0 radical (unpaired) electrons. The second-order valence-corrected chi connectivity index (χ2v) is 22.7. The number of ketones is 4. The monoisotopic (exact) mass is 1190 g/mol.